The van der Waals surface area contributed by atoms with Gasteiger partial charge in [0.1, 0.15) is 11.5 Å². The van der Waals surface area contributed by atoms with Crippen LogP contribution in [0.2, 0.25) is 0 Å². The van der Waals surface area contributed by atoms with Crippen molar-refractivity contribution in [3.8, 4) is 0 Å². The lowest BCUT2D eigenvalue weighted by molar-refractivity contribution is -0.125. The standard InChI is InChI=1S/C19H20FN3O4/c20-12-3-1-2-11-15(24)8-14(22-17(11)12)19(27)23-13-6-9(7-16(13)25)18(26)21-10-4-5-10/h1-3,8-10,13,16,25H,4-7H2,(H,21,26)(H,22,24)(H,23,27)/t9-,13+,16+/m0/s1. The van der Waals surface area contributed by atoms with Crippen LogP contribution in [0.5, 0.6) is 0 Å². The van der Waals surface area contributed by atoms with Gasteiger partial charge in [0.05, 0.1) is 17.7 Å². The third kappa shape index (κ3) is 3.57. The number of aromatic nitrogens is 1. The second-order valence-corrected chi connectivity index (χ2v) is 7.31. The van der Waals surface area contributed by atoms with Crippen LogP contribution in [0.4, 0.5) is 4.39 Å². The van der Waals surface area contributed by atoms with Crippen molar-refractivity contribution in [2.75, 3.05) is 0 Å². The summed E-state index contributed by atoms with van der Waals surface area (Å²) in [6.45, 7) is 0. The molecule has 4 N–H and O–H groups in total. The highest BCUT2D eigenvalue weighted by atomic mass is 19.1. The number of amides is 2. The highest BCUT2D eigenvalue weighted by Gasteiger charge is 2.39. The SMILES string of the molecule is O=C(N[C@@H]1C[C@H](C(=O)NC2CC2)C[C@H]1O)c1cc(=O)c2cccc(F)c2[nH]1. The fourth-order valence-corrected chi connectivity index (χ4v) is 3.54. The Bertz CT molecular complexity index is 969. The number of nitrogens with one attached hydrogen (secondary N) is 3. The second kappa shape index (κ2) is 6.77. The number of benzene rings is 1. The summed E-state index contributed by atoms with van der Waals surface area (Å²) in [4.78, 5) is 39.4. The van der Waals surface area contributed by atoms with Crippen LogP contribution in [-0.4, -0.2) is 40.1 Å². The van der Waals surface area contributed by atoms with Crippen molar-refractivity contribution in [3.05, 3.63) is 46.0 Å². The van der Waals surface area contributed by atoms with Gasteiger partial charge in [-0.25, -0.2) is 4.39 Å². The van der Waals surface area contributed by atoms with Crippen LogP contribution in [0, 0.1) is 11.7 Å². The minimum Gasteiger partial charge on any atom is -0.391 e. The van der Waals surface area contributed by atoms with E-state index in [1.807, 2.05) is 0 Å². The molecule has 3 atom stereocenters. The number of aromatic amines is 1. The van der Waals surface area contributed by atoms with Crippen molar-refractivity contribution in [1.82, 2.24) is 15.6 Å². The fourth-order valence-electron chi connectivity index (χ4n) is 3.54. The smallest absolute Gasteiger partial charge is 0.268 e. The summed E-state index contributed by atoms with van der Waals surface area (Å²) in [5, 5.41) is 15.9. The summed E-state index contributed by atoms with van der Waals surface area (Å²) in [5.74, 6) is -1.71. The van der Waals surface area contributed by atoms with E-state index in [1.165, 1.54) is 18.2 Å². The molecular weight excluding hydrogens is 353 g/mol. The van der Waals surface area contributed by atoms with Gasteiger partial charge in [-0.15, -0.1) is 0 Å². The van der Waals surface area contributed by atoms with Gasteiger partial charge in [-0.1, -0.05) is 6.07 Å². The molecule has 0 aliphatic heterocycles. The van der Waals surface area contributed by atoms with E-state index in [9.17, 15) is 23.9 Å². The van der Waals surface area contributed by atoms with Crippen molar-refractivity contribution in [3.63, 3.8) is 0 Å². The largest absolute Gasteiger partial charge is 0.391 e. The second-order valence-electron chi connectivity index (χ2n) is 7.31. The number of halogens is 1. The van der Waals surface area contributed by atoms with Crippen molar-refractivity contribution in [1.29, 1.82) is 0 Å². The van der Waals surface area contributed by atoms with E-state index in [1.54, 1.807) is 0 Å². The molecule has 4 rings (SSSR count). The molecule has 2 aliphatic rings. The van der Waals surface area contributed by atoms with Crippen LogP contribution in [-0.2, 0) is 4.79 Å². The van der Waals surface area contributed by atoms with Crippen LogP contribution >= 0.6 is 0 Å². The molecule has 0 radical (unpaired) electrons. The first-order valence-corrected chi connectivity index (χ1v) is 9.03. The topological polar surface area (TPSA) is 111 Å². The first-order chi connectivity index (χ1) is 12.9. The van der Waals surface area contributed by atoms with Crippen LogP contribution in [0.3, 0.4) is 0 Å². The lowest BCUT2D eigenvalue weighted by atomic mass is 10.1. The number of hydrogen-bond donors (Lipinski definition) is 4. The molecule has 1 aromatic carbocycles. The molecule has 2 fully saturated rings. The molecule has 0 bridgehead atoms. The van der Waals surface area contributed by atoms with Gasteiger partial charge in [0, 0.05) is 23.4 Å². The molecule has 0 spiro atoms. The average Bonchev–Trinajstić information content (AvgIpc) is 3.37. The van der Waals surface area contributed by atoms with Crippen LogP contribution in [0.1, 0.15) is 36.2 Å². The van der Waals surface area contributed by atoms with Crippen LogP contribution in [0.25, 0.3) is 10.9 Å². The van der Waals surface area contributed by atoms with Gasteiger partial charge in [0.25, 0.3) is 5.91 Å². The first kappa shape index (κ1) is 17.7. The Kier molecular flexibility index (Phi) is 4.43. The maximum Gasteiger partial charge on any atom is 0.268 e. The lowest BCUT2D eigenvalue weighted by Gasteiger charge is -2.16. The van der Waals surface area contributed by atoms with Crippen molar-refractivity contribution in [2.24, 2.45) is 5.92 Å². The number of aliphatic hydroxyl groups excluding tert-OH is 1. The third-order valence-corrected chi connectivity index (χ3v) is 5.20. The zero-order valence-electron chi connectivity index (χ0n) is 14.5. The van der Waals surface area contributed by atoms with Crippen molar-refractivity contribution in [2.45, 2.75) is 43.9 Å². The molecule has 7 nitrogen and oxygen atoms in total. The Balaban J connectivity index is 1.49. The number of carbonyl (C=O) groups excluding carboxylic acids is 2. The summed E-state index contributed by atoms with van der Waals surface area (Å²) < 4.78 is 13.9. The summed E-state index contributed by atoms with van der Waals surface area (Å²) in [7, 11) is 0. The Morgan fingerprint density at radius 2 is 1.96 bits per heavy atom. The maximum atomic E-state index is 13.9. The molecule has 1 heterocycles. The van der Waals surface area contributed by atoms with Gasteiger partial charge in [0.2, 0.25) is 5.91 Å². The van der Waals surface area contributed by atoms with Crippen molar-refractivity contribution < 1.29 is 19.1 Å². The number of hydrogen-bond acceptors (Lipinski definition) is 4. The Labute approximate surface area is 154 Å². The van der Waals surface area contributed by atoms with Gasteiger partial charge in [-0.05, 0) is 37.8 Å². The zero-order valence-corrected chi connectivity index (χ0v) is 14.5. The number of H-pyrrole nitrogens is 1. The van der Waals surface area contributed by atoms with E-state index in [4.69, 9.17) is 0 Å². The quantitative estimate of drug-likeness (QED) is 0.636. The number of rotatable bonds is 4. The number of aliphatic hydroxyl groups is 1. The van der Waals surface area contributed by atoms with E-state index >= 15 is 0 Å². The average molecular weight is 373 g/mol. The summed E-state index contributed by atoms with van der Waals surface area (Å²) in [5.41, 5.74) is -0.596. The first-order valence-electron chi connectivity index (χ1n) is 9.03. The van der Waals surface area contributed by atoms with Crippen LogP contribution in [0.15, 0.2) is 29.1 Å². The van der Waals surface area contributed by atoms with E-state index in [0.29, 0.717) is 6.42 Å². The van der Waals surface area contributed by atoms with Gasteiger partial charge >= 0.3 is 0 Å². The van der Waals surface area contributed by atoms with E-state index in [-0.39, 0.29) is 40.9 Å². The number of pyridine rings is 1. The fraction of sp³-hybridized carbons (Fsp3) is 0.421. The van der Waals surface area contributed by atoms with Crippen LogP contribution < -0.4 is 16.1 Å². The summed E-state index contributed by atoms with van der Waals surface area (Å²) >= 11 is 0. The number of carbonyl (C=O) groups is 2. The molecule has 2 aliphatic carbocycles. The minimum absolute atomic E-state index is 0.0381. The van der Waals surface area contributed by atoms with Gasteiger partial charge < -0.3 is 20.7 Å². The molecule has 27 heavy (non-hydrogen) atoms. The maximum absolute atomic E-state index is 13.9. The van der Waals surface area contributed by atoms with Gasteiger partial charge in [-0.2, -0.15) is 0 Å². The van der Waals surface area contributed by atoms with Crippen molar-refractivity contribution >= 4 is 22.7 Å². The van der Waals surface area contributed by atoms with E-state index < -0.39 is 29.3 Å². The highest BCUT2D eigenvalue weighted by Crippen LogP contribution is 2.28. The molecule has 0 saturated heterocycles. The monoisotopic (exact) mass is 373 g/mol. The molecule has 0 unspecified atom stereocenters. The minimum atomic E-state index is -0.854. The molecule has 8 heteroatoms. The highest BCUT2D eigenvalue weighted by molar-refractivity contribution is 5.95. The molecular formula is C19H20FN3O4. The van der Waals surface area contributed by atoms with Gasteiger partial charge in [0.15, 0.2) is 5.43 Å². The molecule has 142 valence electrons. The Morgan fingerprint density at radius 3 is 2.70 bits per heavy atom. The number of fused-ring (bicyclic) bond motifs is 1. The normalized spacial score (nSPS) is 24.7. The molecule has 1 aromatic heterocycles. The molecule has 2 amide bonds. The Hall–Kier alpha value is -2.74. The van der Waals surface area contributed by atoms with Gasteiger partial charge in [-0.3, -0.25) is 14.4 Å². The van der Waals surface area contributed by atoms with E-state index in [2.05, 4.69) is 15.6 Å². The predicted octanol–water partition coefficient (Wildman–Crippen LogP) is 0.815. The summed E-state index contributed by atoms with van der Waals surface area (Å²) in [6.07, 6.45) is 1.69. The predicted molar refractivity (Wildman–Crippen MR) is 95.7 cm³/mol. The summed E-state index contributed by atoms with van der Waals surface area (Å²) in [6, 6.07) is 4.84. The Morgan fingerprint density at radius 1 is 1.19 bits per heavy atom. The molecule has 2 saturated carbocycles. The third-order valence-electron chi connectivity index (χ3n) is 5.20. The zero-order chi connectivity index (χ0) is 19.1. The van der Waals surface area contributed by atoms with E-state index in [0.717, 1.165) is 18.9 Å². The lowest BCUT2D eigenvalue weighted by Crippen LogP contribution is -2.40. The molecule has 2 aromatic rings. The number of para-hydroxylation sites is 1.